The van der Waals surface area contributed by atoms with Crippen molar-refractivity contribution in [2.75, 3.05) is 0 Å². The fourth-order valence-electron chi connectivity index (χ4n) is 5.72. The van der Waals surface area contributed by atoms with E-state index in [0.717, 1.165) is 47.4 Å². The molecule has 2 heteroatoms. The van der Waals surface area contributed by atoms with Crippen molar-refractivity contribution in [2.45, 2.75) is 60.8 Å². The number of rotatable bonds is 3. The van der Waals surface area contributed by atoms with Gasteiger partial charge in [0.2, 0.25) is 0 Å². The van der Waals surface area contributed by atoms with Crippen molar-refractivity contribution in [3.05, 3.63) is 78.0 Å². The Labute approximate surface area is 214 Å². The third-order valence-electron chi connectivity index (χ3n) is 7.38. The molecule has 0 unspecified atom stereocenters. The van der Waals surface area contributed by atoms with E-state index in [2.05, 4.69) is 102 Å². The van der Waals surface area contributed by atoms with Gasteiger partial charge in [-0.2, -0.15) is 0 Å². The predicted molar refractivity (Wildman–Crippen MR) is 153 cm³/mol. The molecule has 6 rings (SSSR count). The number of nitrogens with zero attached hydrogens (tertiary/aromatic N) is 1. The molecule has 2 nitrogen and oxygen atoms in total. The van der Waals surface area contributed by atoms with E-state index in [9.17, 15) is 0 Å². The molecule has 0 atom stereocenters. The van der Waals surface area contributed by atoms with Gasteiger partial charge in [-0.05, 0) is 80.8 Å². The lowest BCUT2D eigenvalue weighted by Gasteiger charge is -2.27. The SMILES string of the molecule is CC(C)(C)CCc1c2c(cc3ccccc13)-c1nccc3c1c(cc1c(CC(C)(C)C)cccc13)O2. The van der Waals surface area contributed by atoms with E-state index < -0.39 is 0 Å². The quantitative estimate of drug-likeness (QED) is 0.239. The molecule has 0 aliphatic carbocycles. The van der Waals surface area contributed by atoms with Crippen LogP contribution in [-0.2, 0) is 12.8 Å². The summed E-state index contributed by atoms with van der Waals surface area (Å²) in [6.07, 6.45) is 5.05. The van der Waals surface area contributed by atoms with Crippen LogP contribution in [-0.4, -0.2) is 4.98 Å². The second-order valence-corrected chi connectivity index (χ2v) is 12.8. The van der Waals surface area contributed by atoms with Gasteiger partial charge in [-0.15, -0.1) is 0 Å². The molecule has 5 aromatic rings. The molecule has 1 aliphatic heterocycles. The smallest absolute Gasteiger partial charge is 0.140 e. The second kappa shape index (κ2) is 8.06. The van der Waals surface area contributed by atoms with E-state index in [1.807, 2.05) is 6.20 Å². The summed E-state index contributed by atoms with van der Waals surface area (Å²) in [5.41, 5.74) is 5.27. The van der Waals surface area contributed by atoms with Gasteiger partial charge >= 0.3 is 0 Å². The van der Waals surface area contributed by atoms with Gasteiger partial charge in [-0.25, -0.2) is 0 Å². The molecular weight excluding hydrogens is 438 g/mol. The van der Waals surface area contributed by atoms with E-state index >= 15 is 0 Å². The van der Waals surface area contributed by atoms with Crippen molar-refractivity contribution in [1.82, 2.24) is 4.98 Å². The first-order chi connectivity index (χ1) is 17.1. The molecule has 182 valence electrons. The summed E-state index contributed by atoms with van der Waals surface area (Å²) in [4.78, 5) is 4.94. The Bertz CT molecular complexity index is 1650. The lowest BCUT2D eigenvalue weighted by Crippen LogP contribution is -2.10. The Morgan fingerprint density at radius 1 is 0.750 bits per heavy atom. The van der Waals surface area contributed by atoms with Gasteiger partial charge in [0.25, 0.3) is 0 Å². The third kappa shape index (κ3) is 3.93. The first-order valence-corrected chi connectivity index (χ1v) is 13.2. The van der Waals surface area contributed by atoms with Crippen molar-refractivity contribution < 1.29 is 4.74 Å². The lowest BCUT2D eigenvalue weighted by molar-refractivity contribution is 0.375. The topological polar surface area (TPSA) is 22.1 Å². The monoisotopic (exact) mass is 473 g/mol. The van der Waals surface area contributed by atoms with Gasteiger partial charge in [-0.1, -0.05) is 84.0 Å². The minimum atomic E-state index is 0.205. The summed E-state index contributed by atoms with van der Waals surface area (Å²) in [6, 6.07) is 22.1. The summed E-state index contributed by atoms with van der Waals surface area (Å²) in [7, 11) is 0. The molecule has 0 saturated carbocycles. The number of fused-ring (bicyclic) bond motifs is 5. The summed E-state index contributed by atoms with van der Waals surface area (Å²) in [5, 5.41) is 7.44. The van der Waals surface area contributed by atoms with E-state index in [1.54, 1.807) is 0 Å². The van der Waals surface area contributed by atoms with E-state index in [-0.39, 0.29) is 10.8 Å². The van der Waals surface area contributed by atoms with Crippen LogP contribution in [0.5, 0.6) is 11.5 Å². The van der Waals surface area contributed by atoms with Crippen LogP contribution < -0.4 is 4.74 Å². The molecule has 4 aromatic carbocycles. The fourth-order valence-corrected chi connectivity index (χ4v) is 5.72. The molecule has 0 bridgehead atoms. The molecule has 1 aliphatic rings. The molecule has 0 amide bonds. The summed E-state index contributed by atoms with van der Waals surface area (Å²) < 4.78 is 6.91. The van der Waals surface area contributed by atoms with Gasteiger partial charge in [-0.3, -0.25) is 4.98 Å². The van der Waals surface area contributed by atoms with E-state index in [4.69, 9.17) is 9.72 Å². The highest BCUT2D eigenvalue weighted by atomic mass is 16.5. The largest absolute Gasteiger partial charge is 0.456 e. The van der Waals surface area contributed by atoms with E-state index in [0.29, 0.717) is 0 Å². The number of hydrogen-bond donors (Lipinski definition) is 0. The predicted octanol–water partition coefficient (Wildman–Crippen LogP) is 9.88. The zero-order valence-electron chi connectivity index (χ0n) is 22.3. The number of hydrogen-bond acceptors (Lipinski definition) is 2. The molecule has 2 heterocycles. The lowest BCUT2D eigenvalue weighted by atomic mass is 9.84. The van der Waals surface area contributed by atoms with Gasteiger partial charge < -0.3 is 4.74 Å². The molecule has 0 fully saturated rings. The third-order valence-corrected chi connectivity index (χ3v) is 7.38. The molecule has 0 radical (unpaired) electrons. The van der Waals surface area contributed by atoms with Gasteiger partial charge in [0.05, 0.1) is 11.1 Å². The number of ether oxygens (including phenoxy) is 1. The minimum Gasteiger partial charge on any atom is -0.456 e. The van der Waals surface area contributed by atoms with Gasteiger partial charge in [0.15, 0.2) is 0 Å². The van der Waals surface area contributed by atoms with E-state index in [1.165, 1.54) is 38.1 Å². The fraction of sp³-hybridized carbons (Fsp3) is 0.324. The molecule has 0 N–H and O–H groups in total. The number of benzene rings is 4. The summed E-state index contributed by atoms with van der Waals surface area (Å²) >= 11 is 0. The average Bonchev–Trinajstić information content (AvgIpc) is 2.81. The molecular formula is C34H35NO. The standard InChI is InChI=1S/C34H35NO/c1-33(2,3)16-14-26-23-12-8-7-10-21(23)18-28-31-30-25(15-17-35-31)24-13-9-11-22(20-34(4,5)6)27(24)19-29(30)36-32(26)28/h7-13,15,17-19H,14,16,20H2,1-6H3. The van der Waals surface area contributed by atoms with Crippen LogP contribution >= 0.6 is 0 Å². The highest BCUT2D eigenvalue weighted by molar-refractivity contribution is 6.17. The number of aryl methyl sites for hydroxylation is 1. The number of aromatic nitrogens is 1. The van der Waals surface area contributed by atoms with Crippen LogP contribution in [0.25, 0.3) is 43.6 Å². The zero-order valence-corrected chi connectivity index (χ0v) is 22.3. The highest BCUT2D eigenvalue weighted by Crippen LogP contribution is 2.51. The second-order valence-electron chi connectivity index (χ2n) is 12.8. The maximum atomic E-state index is 6.91. The zero-order chi connectivity index (χ0) is 25.2. The average molecular weight is 474 g/mol. The van der Waals surface area contributed by atoms with Crippen LogP contribution in [0.4, 0.5) is 0 Å². The highest BCUT2D eigenvalue weighted by Gasteiger charge is 2.27. The first-order valence-electron chi connectivity index (χ1n) is 13.2. The minimum absolute atomic E-state index is 0.205. The van der Waals surface area contributed by atoms with Crippen LogP contribution in [0, 0.1) is 10.8 Å². The Morgan fingerprint density at radius 3 is 2.31 bits per heavy atom. The molecule has 0 saturated heterocycles. The maximum Gasteiger partial charge on any atom is 0.140 e. The van der Waals surface area contributed by atoms with Crippen molar-refractivity contribution >= 4 is 32.3 Å². The Morgan fingerprint density at radius 2 is 1.53 bits per heavy atom. The molecule has 1 aromatic heterocycles. The van der Waals surface area contributed by atoms with Crippen LogP contribution in [0.2, 0.25) is 0 Å². The summed E-state index contributed by atoms with van der Waals surface area (Å²) in [5.74, 6) is 1.92. The summed E-state index contributed by atoms with van der Waals surface area (Å²) in [6.45, 7) is 13.8. The van der Waals surface area contributed by atoms with Gasteiger partial charge in [0, 0.05) is 17.3 Å². The first kappa shape index (κ1) is 23.0. The van der Waals surface area contributed by atoms with Crippen molar-refractivity contribution in [2.24, 2.45) is 10.8 Å². The van der Waals surface area contributed by atoms with Crippen molar-refractivity contribution in [1.29, 1.82) is 0 Å². The maximum absolute atomic E-state index is 6.91. The van der Waals surface area contributed by atoms with Crippen LogP contribution in [0.15, 0.2) is 66.9 Å². The van der Waals surface area contributed by atoms with Crippen molar-refractivity contribution in [3.8, 4) is 22.8 Å². The Kier molecular flexibility index (Phi) is 5.16. The molecule has 0 spiro atoms. The van der Waals surface area contributed by atoms with Crippen LogP contribution in [0.1, 0.15) is 59.1 Å². The van der Waals surface area contributed by atoms with Gasteiger partial charge in [0.1, 0.15) is 11.5 Å². The van der Waals surface area contributed by atoms with Crippen molar-refractivity contribution in [3.63, 3.8) is 0 Å². The molecule has 36 heavy (non-hydrogen) atoms. The Balaban J connectivity index is 1.65. The normalized spacial score (nSPS) is 13.3. The Hall–Kier alpha value is -3.39. The van der Waals surface area contributed by atoms with Crippen LogP contribution in [0.3, 0.4) is 0 Å². The number of pyridine rings is 1.